The fourth-order valence-electron chi connectivity index (χ4n) is 1.44. The summed E-state index contributed by atoms with van der Waals surface area (Å²) in [4.78, 5) is 4.01. The third-order valence-corrected chi connectivity index (χ3v) is 2.69. The van der Waals surface area contributed by atoms with Crippen molar-refractivity contribution in [1.29, 1.82) is 0 Å². The number of nitrogens with one attached hydrogen (secondary N) is 1. The van der Waals surface area contributed by atoms with Crippen LogP contribution in [0.5, 0.6) is 0 Å². The molecule has 0 saturated heterocycles. The van der Waals surface area contributed by atoms with Crippen LogP contribution in [-0.2, 0) is 6.54 Å². The summed E-state index contributed by atoms with van der Waals surface area (Å²) in [5.74, 6) is -0.129. The zero-order valence-corrected chi connectivity index (χ0v) is 10.9. The Hall–Kier alpha value is -1.27. The Morgan fingerprint density at radius 3 is 3.00 bits per heavy atom. The van der Waals surface area contributed by atoms with Gasteiger partial charge in [0.15, 0.2) is 11.6 Å². The molecule has 2 rings (SSSR count). The molecule has 17 heavy (non-hydrogen) atoms. The molecule has 0 saturated carbocycles. The maximum absolute atomic E-state index is 14.1. The maximum Gasteiger partial charge on any atom is 0.190 e. The lowest BCUT2D eigenvalue weighted by atomic mass is 10.2. The van der Waals surface area contributed by atoms with Gasteiger partial charge < -0.3 is 5.32 Å². The van der Waals surface area contributed by atoms with Crippen LogP contribution in [0.25, 0.3) is 5.82 Å². The molecule has 0 amide bonds. The van der Waals surface area contributed by atoms with Crippen LogP contribution >= 0.6 is 15.9 Å². The van der Waals surface area contributed by atoms with E-state index >= 15 is 0 Å². The van der Waals surface area contributed by atoms with Gasteiger partial charge in [-0.3, -0.25) is 0 Å². The molecule has 6 heteroatoms. The first-order valence-electron chi connectivity index (χ1n) is 5.27. The van der Waals surface area contributed by atoms with Gasteiger partial charge in [-0.05, 0) is 28.5 Å². The number of hydrogen-bond acceptors (Lipinski definition) is 3. The SMILES string of the molecule is CCNCc1ccnc(-n2cc(Br)cn2)c1F. The molecule has 90 valence electrons. The smallest absolute Gasteiger partial charge is 0.190 e. The Morgan fingerprint density at radius 1 is 1.53 bits per heavy atom. The first-order valence-corrected chi connectivity index (χ1v) is 6.06. The Kier molecular flexibility index (Phi) is 3.86. The van der Waals surface area contributed by atoms with Crippen molar-refractivity contribution in [1.82, 2.24) is 20.1 Å². The van der Waals surface area contributed by atoms with E-state index in [4.69, 9.17) is 0 Å². The van der Waals surface area contributed by atoms with E-state index in [0.29, 0.717) is 12.1 Å². The fourth-order valence-corrected chi connectivity index (χ4v) is 1.73. The summed E-state index contributed by atoms with van der Waals surface area (Å²) in [6.07, 6.45) is 4.85. The van der Waals surface area contributed by atoms with Gasteiger partial charge in [-0.15, -0.1) is 0 Å². The van der Waals surface area contributed by atoms with Gasteiger partial charge in [0.25, 0.3) is 0 Å². The maximum atomic E-state index is 14.1. The molecule has 0 aromatic carbocycles. The van der Waals surface area contributed by atoms with Crippen LogP contribution in [-0.4, -0.2) is 21.3 Å². The molecule has 0 atom stereocenters. The van der Waals surface area contributed by atoms with E-state index in [1.807, 2.05) is 6.92 Å². The average Bonchev–Trinajstić information content (AvgIpc) is 2.74. The minimum atomic E-state index is -0.343. The molecule has 0 bridgehead atoms. The van der Waals surface area contributed by atoms with Gasteiger partial charge in [0.1, 0.15) is 0 Å². The number of rotatable bonds is 4. The van der Waals surface area contributed by atoms with E-state index in [0.717, 1.165) is 11.0 Å². The lowest BCUT2D eigenvalue weighted by molar-refractivity contribution is 0.571. The van der Waals surface area contributed by atoms with E-state index in [1.165, 1.54) is 4.68 Å². The third kappa shape index (κ3) is 2.70. The van der Waals surface area contributed by atoms with Crippen molar-refractivity contribution in [2.24, 2.45) is 0 Å². The summed E-state index contributed by atoms with van der Waals surface area (Å²) < 4.78 is 16.3. The fraction of sp³-hybridized carbons (Fsp3) is 0.273. The second-order valence-corrected chi connectivity index (χ2v) is 4.41. The molecule has 0 aliphatic heterocycles. The zero-order chi connectivity index (χ0) is 12.3. The van der Waals surface area contributed by atoms with Crippen molar-refractivity contribution in [2.45, 2.75) is 13.5 Å². The molecule has 2 aromatic rings. The normalized spacial score (nSPS) is 10.8. The molecule has 1 N–H and O–H groups in total. The van der Waals surface area contributed by atoms with Crippen LogP contribution in [0.2, 0.25) is 0 Å². The second kappa shape index (κ2) is 5.37. The molecule has 0 spiro atoms. The highest BCUT2D eigenvalue weighted by molar-refractivity contribution is 9.10. The molecule has 0 aliphatic rings. The van der Waals surface area contributed by atoms with Crippen LogP contribution in [0.3, 0.4) is 0 Å². The molecule has 4 nitrogen and oxygen atoms in total. The summed E-state index contributed by atoms with van der Waals surface area (Å²) in [6, 6.07) is 1.67. The van der Waals surface area contributed by atoms with Gasteiger partial charge in [0.05, 0.1) is 10.7 Å². The molecule has 0 aliphatic carbocycles. The van der Waals surface area contributed by atoms with Crippen molar-refractivity contribution in [3.63, 3.8) is 0 Å². The molecule has 0 unspecified atom stereocenters. The monoisotopic (exact) mass is 298 g/mol. The van der Waals surface area contributed by atoms with Gasteiger partial charge in [-0.1, -0.05) is 6.92 Å². The standard InChI is InChI=1S/C11H12BrFN4/c1-2-14-5-8-3-4-15-11(10(8)13)17-7-9(12)6-16-17/h3-4,6-7,14H,2,5H2,1H3. The summed E-state index contributed by atoms with van der Waals surface area (Å²) >= 11 is 3.27. The highest BCUT2D eigenvalue weighted by Crippen LogP contribution is 2.16. The van der Waals surface area contributed by atoms with Gasteiger partial charge in [-0.25, -0.2) is 14.1 Å². The highest BCUT2D eigenvalue weighted by atomic mass is 79.9. The van der Waals surface area contributed by atoms with E-state index in [2.05, 4.69) is 31.3 Å². The highest BCUT2D eigenvalue weighted by Gasteiger charge is 2.11. The Balaban J connectivity index is 2.35. The summed E-state index contributed by atoms with van der Waals surface area (Å²) in [5, 5.41) is 7.10. The lowest BCUT2D eigenvalue weighted by Crippen LogP contribution is -2.14. The minimum absolute atomic E-state index is 0.214. The van der Waals surface area contributed by atoms with Gasteiger partial charge >= 0.3 is 0 Å². The van der Waals surface area contributed by atoms with Crippen molar-refractivity contribution >= 4 is 15.9 Å². The largest absolute Gasteiger partial charge is 0.313 e. The Morgan fingerprint density at radius 2 is 2.35 bits per heavy atom. The number of hydrogen-bond donors (Lipinski definition) is 1. The van der Waals surface area contributed by atoms with Crippen LogP contribution in [0.1, 0.15) is 12.5 Å². The van der Waals surface area contributed by atoms with Crippen molar-refractivity contribution in [3.8, 4) is 5.82 Å². The first kappa shape index (κ1) is 12.2. The van der Waals surface area contributed by atoms with Crippen molar-refractivity contribution in [3.05, 3.63) is 40.5 Å². The number of halogens is 2. The molecule has 2 aromatic heterocycles. The number of aromatic nitrogens is 3. The number of nitrogens with zero attached hydrogens (tertiary/aromatic N) is 3. The van der Waals surface area contributed by atoms with Gasteiger partial charge in [0.2, 0.25) is 0 Å². The number of pyridine rings is 1. The molecule has 0 radical (unpaired) electrons. The second-order valence-electron chi connectivity index (χ2n) is 3.49. The van der Waals surface area contributed by atoms with Crippen LogP contribution in [0.15, 0.2) is 29.1 Å². The molecular weight excluding hydrogens is 287 g/mol. The van der Waals surface area contributed by atoms with E-state index in [1.54, 1.807) is 24.7 Å². The topological polar surface area (TPSA) is 42.7 Å². The molecular formula is C11H12BrFN4. The lowest BCUT2D eigenvalue weighted by Gasteiger charge is -2.07. The molecule has 0 fully saturated rings. The first-order chi connectivity index (χ1) is 8.22. The summed E-state index contributed by atoms with van der Waals surface area (Å²) in [5.41, 5.74) is 0.587. The van der Waals surface area contributed by atoms with E-state index in [9.17, 15) is 4.39 Å². The van der Waals surface area contributed by atoms with Crippen molar-refractivity contribution < 1.29 is 4.39 Å². The summed E-state index contributed by atoms with van der Waals surface area (Å²) in [7, 11) is 0. The van der Waals surface area contributed by atoms with Crippen molar-refractivity contribution in [2.75, 3.05) is 6.54 Å². The zero-order valence-electron chi connectivity index (χ0n) is 9.32. The van der Waals surface area contributed by atoms with Crippen LogP contribution in [0, 0.1) is 5.82 Å². The van der Waals surface area contributed by atoms with Crippen LogP contribution in [0.4, 0.5) is 4.39 Å². The Labute approximate surface area is 107 Å². The predicted octanol–water partition coefficient (Wildman–Crippen LogP) is 2.28. The van der Waals surface area contributed by atoms with Gasteiger partial charge in [-0.2, -0.15) is 5.10 Å². The van der Waals surface area contributed by atoms with E-state index < -0.39 is 0 Å². The average molecular weight is 299 g/mol. The van der Waals surface area contributed by atoms with Gasteiger partial charge in [0, 0.05) is 24.5 Å². The van der Waals surface area contributed by atoms with Crippen LogP contribution < -0.4 is 5.32 Å². The molecule has 2 heterocycles. The predicted molar refractivity (Wildman–Crippen MR) is 66.4 cm³/mol. The third-order valence-electron chi connectivity index (χ3n) is 2.28. The summed E-state index contributed by atoms with van der Waals surface area (Å²) in [6.45, 7) is 3.26. The minimum Gasteiger partial charge on any atom is -0.313 e. The quantitative estimate of drug-likeness (QED) is 0.942. The Bertz CT molecular complexity index is 512. The van der Waals surface area contributed by atoms with E-state index in [-0.39, 0.29) is 11.6 Å².